The SMILES string of the molecule is CCNC(=S)Nc1c(F)cccc1F. The molecule has 0 saturated carbocycles. The molecule has 0 radical (unpaired) electrons. The van der Waals surface area contributed by atoms with E-state index in [0.29, 0.717) is 6.54 Å². The molecule has 76 valence electrons. The monoisotopic (exact) mass is 216 g/mol. The number of hydrogen-bond donors (Lipinski definition) is 2. The number of benzene rings is 1. The molecular weight excluding hydrogens is 206 g/mol. The first-order valence-corrected chi connectivity index (χ1v) is 4.55. The molecule has 0 amide bonds. The van der Waals surface area contributed by atoms with Crippen molar-refractivity contribution in [1.29, 1.82) is 0 Å². The first-order valence-electron chi connectivity index (χ1n) is 4.14. The van der Waals surface area contributed by atoms with Gasteiger partial charge in [0.25, 0.3) is 0 Å². The maximum absolute atomic E-state index is 13.1. The fourth-order valence-electron chi connectivity index (χ4n) is 0.936. The van der Waals surface area contributed by atoms with E-state index >= 15 is 0 Å². The van der Waals surface area contributed by atoms with Crippen molar-refractivity contribution in [2.75, 3.05) is 11.9 Å². The molecule has 0 unspecified atom stereocenters. The highest BCUT2D eigenvalue weighted by Gasteiger charge is 2.08. The van der Waals surface area contributed by atoms with E-state index in [1.807, 2.05) is 6.92 Å². The molecule has 2 N–H and O–H groups in total. The van der Waals surface area contributed by atoms with Crippen molar-refractivity contribution in [2.24, 2.45) is 0 Å². The minimum absolute atomic E-state index is 0.205. The van der Waals surface area contributed by atoms with Crippen LogP contribution in [0.4, 0.5) is 14.5 Å². The van der Waals surface area contributed by atoms with E-state index < -0.39 is 11.6 Å². The van der Waals surface area contributed by atoms with Gasteiger partial charge in [-0.15, -0.1) is 0 Å². The minimum Gasteiger partial charge on any atom is -0.363 e. The fraction of sp³-hybridized carbons (Fsp3) is 0.222. The second kappa shape index (κ2) is 4.85. The van der Waals surface area contributed by atoms with Crippen LogP contribution >= 0.6 is 12.2 Å². The zero-order valence-corrected chi connectivity index (χ0v) is 8.42. The van der Waals surface area contributed by atoms with Crippen LogP contribution in [0.15, 0.2) is 18.2 Å². The van der Waals surface area contributed by atoms with Gasteiger partial charge in [-0.05, 0) is 31.3 Å². The molecule has 0 spiro atoms. The van der Waals surface area contributed by atoms with Crippen LogP contribution in [0.1, 0.15) is 6.92 Å². The number of thiocarbonyl (C=S) groups is 1. The number of halogens is 2. The maximum Gasteiger partial charge on any atom is 0.170 e. The summed E-state index contributed by atoms with van der Waals surface area (Å²) in [7, 11) is 0. The average Bonchev–Trinajstić information content (AvgIpc) is 2.12. The Labute approximate surface area is 86.3 Å². The molecule has 1 aromatic rings. The molecule has 1 rings (SSSR count). The van der Waals surface area contributed by atoms with Gasteiger partial charge in [-0.3, -0.25) is 0 Å². The topological polar surface area (TPSA) is 24.1 Å². The molecule has 0 fully saturated rings. The summed E-state index contributed by atoms with van der Waals surface area (Å²) < 4.78 is 26.1. The number of rotatable bonds is 2. The van der Waals surface area contributed by atoms with Gasteiger partial charge in [-0.1, -0.05) is 6.07 Å². The molecule has 2 nitrogen and oxygen atoms in total. The van der Waals surface area contributed by atoms with Crippen LogP contribution < -0.4 is 10.6 Å². The molecule has 14 heavy (non-hydrogen) atoms. The lowest BCUT2D eigenvalue weighted by molar-refractivity contribution is 0.591. The summed E-state index contributed by atoms with van der Waals surface area (Å²) in [4.78, 5) is 0. The Morgan fingerprint density at radius 1 is 1.36 bits per heavy atom. The van der Waals surface area contributed by atoms with Crippen LogP contribution in [0.3, 0.4) is 0 Å². The predicted molar refractivity (Wildman–Crippen MR) is 56.3 cm³/mol. The highest BCUT2D eigenvalue weighted by Crippen LogP contribution is 2.17. The molecule has 0 atom stereocenters. The maximum atomic E-state index is 13.1. The summed E-state index contributed by atoms with van der Waals surface area (Å²) in [6.07, 6.45) is 0. The highest BCUT2D eigenvalue weighted by atomic mass is 32.1. The lowest BCUT2D eigenvalue weighted by Crippen LogP contribution is -2.28. The summed E-state index contributed by atoms with van der Waals surface area (Å²) >= 11 is 4.80. The standard InChI is InChI=1S/C9H10F2N2S/c1-2-12-9(14)13-8-6(10)4-3-5-7(8)11/h3-5H,2H2,1H3,(H2,12,13,14). The number of para-hydroxylation sites is 1. The van der Waals surface area contributed by atoms with Gasteiger partial charge < -0.3 is 10.6 Å². The third-order valence-electron chi connectivity index (χ3n) is 1.54. The van der Waals surface area contributed by atoms with Crippen molar-refractivity contribution >= 4 is 23.0 Å². The largest absolute Gasteiger partial charge is 0.363 e. The Bertz CT molecular complexity index is 321. The quantitative estimate of drug-likeness (QED) is 0.742. The van der Waals surface area contributed by atoms with E-state index in [0.717, 1.165) is 0 Å². The van der Waals surface area contributed by atoms with Crippen molar-refractivity contribution in [2.45, 2.75) is 6.92 Å². The van der Waals surface area contributed by atoms with Gasteiger partial charge in [0.05, 0.1) is 0 Å². The Balaban J connectivity index is 2.80. The van der Waals surface area contributed by atoms with E-state index in [9.17, 15) is 8.78 Å². The van der Waals surface area contributed by atoms with Crippen molar-refractivity contribution in [3.8, 4) is 0 Å². The molecular formula is C9H10F2N2S. The van der Waals surface area contributed by atoms with Crippen molar-refractivity contribution in [3.63, 3.8) is 0 Å². The Morgan fingerprint density at radius 3 is 2.43 bits per heavy atom. The normalized spacial score (nSPS) is 9.64. The summed E-state index contributed by atoms with van der Waals surface area (Å²) in [5.41, 5.74) is -0.224. The summed E-state index contributed by atoms with van der Waals surface area (Å²) in [5.74, 6) is -1.32. The third kappa shape index (κ3) is 2.63. The zero-order chi connectivity index (χ0) is 10.6. The first kappa shape index (κ1) is 10.8. The molecule has 0 heterocycles. The van der Waals surface area contributed by atoms with Crippen LogP contribution in [0.2, 0.25) is 0 Å². The van der Waals surface area contributed by atoms with Crippen LogP contribution in [-0.2, 0) is 0 Å². The van der Waals surface area contributed by atoms with Crippen molar-refractivity contribution < 1.29 is 8.78 Å². The lowest BCUT2D eigenvalue weighted by atomic mass is 10.3. The number of nitrogens with one attached hydrogen (secondary N) is 2. The Morgan fingerprint density at radius 2 is 1.93 bits per heavy atom. The molecule has 5 heteroatoms. The average molecular weight is 216 g/mol. The van der Waals surface area contributed by atoms with Gasteiger partial charge in [-0.2, -0.15) is 0 Å². The first-order chi connectivity index (χ1) is 6.65. The lowest BCUT2D eigenvalue weighted by Gasteiger charge is -2.09. The predicted octanol–water partition coefficient (Wildman–Crippen LogP) is 2.27. The third-order valence-corrected chi connectivity index (χ3v) is 1.79. The van der Waals surface area contributed by atoms with E-state index in [1.165, 1.54) is 18.2 Å². The van der Waals surface area contributed by atoms with E-state index in [1.54, 1.807) is 0 Å². The molecule has 0 aliphatic carbocycles. The summed E-state index contributed by atoms with van der Waals surface area (Å²) in [5, 5.41) is 5.39. The highest BCUT2D eigenvalue weighted by molar-refractivity contribution is 7.80. The number of hydrogen-bond acceptors (Lipinski definition) is 1. The van der Waals surface area contributed by atoms with Gasteiger partial charge in [0, 0.05) is 6.54 Å². The second-order valence-electron chi connectivity index (χ2n) is 2.58. The van der Waals surface area contributed by atoms with Crippen LogP contribution in [0, 0.1) is 11.6 Å². The molecule has 0 aliphatic heterocycles. The Hall–Kier alpha value is -1.23. The molecule has 0 aromatic heterocycles. The van der Waals surface area contributed by atoms with Gasteiger partial charge in [0.15, 0.2) is 5.11 Å². The van der Waals surface area contributed by atoms with Crippen LogP contribution in [0.25, 0.3) is 0 Å². The summed E-state index contributed by atoms with van der Waals surface area (Å²) in [6.45, 7) is 2.44. The smallest absolute Gasteiger partial charge is 0.170 e. The second-order valence-corrected chi connectivity index (χ2v) is 2.99. The van der Waals surface area contributed by atoms with Crippen molar-refractivity contribution in [1.82, 2.24) is 5.32 Å². The van der Waals surface area contributed by atoms with E-state index in [4.69, 9.17) is 12.2 Å². The molecule has 0 saturated heterocycles. The van der Waals surface area contributed by atoms with Gasteiger partial charge in [-0.25, -0.2) is 8.78 Å². The zero-order valence-electron chi connectivity index (χ0n) is 7.60. The summed E-state index contributed by atoms with van der Waals surface area (Å²) in [6, 6.07) is 3.63. The van der Waals surface area contributed by atoms with Crippen molar-refractivity contribution in [3.05, 3.63) is 29.8 Å². The Kier molecular flexibility index (Phi) is 3.76. The molecule has 1 aromatic carbocycles. The van der Waals surface area contributed by atoms with Crippen LogP contribution in [-0.4, -0.2) is 11.7 Å². The fourth-order valence-corrected chi connectivity index (χ4v) is 1.18. The molecule has 0 aliphatic rings. The van der Waals surface area contributed by atoms with E-state index in [2.05, 4.69) is 10.6 Å². The van der Waals surface area contributed by atoms with Gasteiger partial charge in [0.2, 0.25) is 0 Å². The molecule has 0 bridgehead atoms. The van der Waals surface area contributed by atoms with E-state index in [-0.39, 0.29) is 10.8 Å². The number of anilines is 1. The van der Waals surface area contributed by atoms with Crippen LogP contribution in [0.5, 0.6) is 0 Å². The minimum atomic E-state index is -0.662. The van der Waals surface area contributed by atoms with Gasteiger partial charge >= 0.3 is 0 Å². The van der Waals surface area contributed by atoms with Gasteiger partial charge in [0.1, 0.15) is 17.3 Å².